The summed E-state index contributed by atoms with van der Waals surface area (Å²) in [5, 5.41) is 0. The zero-order valence-corrected chi connectivity index (χ0v) is 12.0. The summed E-state index contributed by atoms with van der Waals surface area (Å²) in [5.41, 5.74) is 0. The Labute approximate surface area is 107 Å². The third-order valence-corrected chi connectivity index (χ3v) is 3.62. The SMILES string of the molecule is CCCCCCCCCC1(C)OCCC(C)O1. The summed E-state index contributed by atoms with van der Waals surface area (Å²) in [6, 6.07) is 0. The molecule has 0 radical (unpaired) electrons. The minimum atomic E-state index is -0.304. The molecule has 0 amide bonds. The molecule has 2 atom stereocenters. The molecule has 0 aromatic rings. The fraction of sp³-hybridized carbons (Fsp3) is 1.00. The van der Waals surface area contributed by atoms with Gasteiger partial charge in [-0.3, -0.25) is 0 Å². The molecule has 1 aliphatic rings. The van der Waals surface area contributed by atoms with E-state index in [0.717, 1.165) is 19.4 Å². The van der Waals surface area contributed by atoms with Gasteiger partial charge in [0.1, 0.15) is 0 Å². The van der Waals surface area contributed by atoms with E-state index in [2.05, 4.69) is 20.8 Å². The summed E-state index contributed by atoms with van der Waals surface area (Å²) >= 11 is 0. The largest absolute Gasteiger partial charge is 0.350 e. The van der Waals surface area contributed by atoms with Gasteiger partial charge in [-0.25, -0.2) is 0 Å². The Morgan fingerprint density at radius 1 is 1.06 bits per heavy atom. The second kappa shape index (κ2) is 8.10. The number of hydrogen-bond acceptors (Lipinski definition) is 2. The fourth-order valence-corrected chi connectivity index (χ4v) is 2.49. The standard InChI is InChI=1S/C15H30O2/c1-4-5-6-7-8-9-10-12-15(3)16-13-11-14(2)17-15/h14H,4-13H2,1-3H3. The van der Waals surface area contributed by atoms with Crippen molar-refractivity contribution in [2.24, 2.45) is 0 Å². The summed E-state index contributed by atoms with van der Waals surface area (Å²) in [5.74, 6) is -0.304. The highest BCUT2D eigenvalue weighted by Gasteiger charge is 2.31. The Morgan fingerprint density at radius 2 is 1.71 bits per heavy atom. The molecule has 2 unspecified atom stereocenters. The van der Waals surface area contributed by atoms with Crippen molar-refractivity contribution in [2.75, 3.05) is 6.61 Å². The summed E-state index contributed by atoms with van der Waals surface area (Å²) in [4.78, 5) is 0. The maximum absolute atomic E-state index is 5.90. The van der Waals surface area contributed by atoms with E-state index in [4.69, 9.17) is 9.47 Å². The second-order valence-corrected chi connectivity index (χ2v) is 5.57. The molecule has 0 spiro atoms. The van der Waals surface area contributed by atoms with E-state index >= 15 is 0 Å². The Morgan fingerprint density at radius 3 is 2.35 bits per heavy atom. The van der Waals surface area contributed by atoms with Crippen LogP contribution in [-0.4, -0.2) is 18.5 Å². The molecule has 1 heterocycles. The Bertz CT molecular complexity index is 193. The third-order valence-electron chi connectivity index (χ3n) is 3.62. The number of ether oxygens (including phenoxy) is 2. The van der Waals surface area contributed by atoms with Gasteiger partial charge in [-0.1, -0.05) is 45.4 Å². The minimum Gasteiger partial charge on any atom is -0.350 e. The van der Waals surface area contributed by atoms with Crippen LogP contribution in [0.1, 0.15) is 78.6 Å². The summed E-state index contributed by atoms with van der Waals surface area (Å²) < 4.78 is 11.7. The Hall–Kier alpha value is -0.0800. The van der Waals surface area contributed by atoms with Crippen LogP contribution >= 0.6 is 0 Å². The molecule has 17 heavy (non-hydrogen) atoms. The van der Waals surface area contributed by atoms with Crippen molar-refractivity contribution in [1.82, 2.24) is 0 Å². The van der Waals surface area contributed by atoms with Crippen molar-refractivity contribution in [3.63, 3.8) is 0 Å². The summed E-state index contributed by atoms with van der Waals surface area (Å²) in [6.07, 6.45) is 11.9. The molecular formula is C15H30O2. The first-order chi connectivity index (χ1) is 8.16. The number of hydrogen-bond donors (Lipinski definition) is 0. The van der Waals surface area contributed by atoms with Gasteiger partial charge in [-0.05, 0) is 26.7 Å². The van der Waals surface area contributed by atoms with Crippen molar-refractivity contribution >= 4 is 0 Å². The highest BCUT2D eigenvalue weighted by molar-refractivity contribution is 4.70. The Balaban J connectivity index is 2.01. The highest BCUT2D eigenvalue weighted by atomic mass is 16.7. The average Bonchev–Trinajstić information content (AvgIpc) is 2.27. The van der Waals surface area contributed by atoms with Crippen molar-refractivity contribution in [2.45, 2.75) is 90.4 Å². The topological polar surface area (TPSA) is 18.5 Å². The molecule has 0 N–H and O–H groups in total. The molecule has 1 fully saturated rings. The molecule has 0 bridgehead atoms. The van der Waals surface area contributed by atoms with Gasteiger partial charge >= 0.3 is 0 Å². The van der Waals surface area contributed by atoms with Crippen molar-refractivity contribution in [1.29, 1.82) is 0 Å². The monoisotopic (exact) mass is 242 g/mol. The van der Waals surface area contributed by atoms with Crippen molar-refractivity contribution < 1.29 is 9.47 Å². The molecule has 1 saturated heterocycles. The first kappa shape index (κ1) is 15.0. The minimum absolute atomic E-state index is 0.304. The number of rotatable bonds is 8. The lowest BCUT2D eigenvalue weighted by Crippen LogP contribution is -2.41. The second-order valence-electron chi connectivity index (χ2n) is 5.57. The van der Waals surface area contributed by atoms with Crippen LogP contribution in [-0.2, 0) is 9.47 Å². The van der Waals surface area contributed by atoms with Gasteiger partial charge < -0.3 is 9.47 Å². The molecular weight excluding hydrogens is 212 g/mol. The average molecular weight is 242 g/mol. The molecule has 0 aliphatic carbocycles. The van der Waals surface area contributed by atoms with Gasteiger partial charge in [-0.2, -0.15) is 0 Å². The van der Waals surface area contributed by atoms with Gasteiger partial charge in [0.05, 0.1) is 12.7 Å². The van der Waals surface area contributed by atoms with E-state index in [1.165, 1.54) is 44.9 Å². The van der Waals surface area contributed by atoms with Crippen LogP contribution in [0.3, 0.4) is 0 Å². The van der Waals surface area contributed by atoms with Crippen molar-refractivity contribution in [3.8, 4) is 0 Å². The van der Waals surface area contributed by atoms with Crippen LogP contribution in [0, 0.1) is 0 Å². The van der Waals surface area contributed by atoms with E-state index in [1.807, 2.05) is 0 Å². The quantitative estimate of drug-likeness (QED) is 0.576. The molecule has 102 valence electrons. The van der Waals surface area contributed by atoms with E-state index in [1.54, 1.807) is 0 Å². The highest BCUT2D eigenvalue weighted by Crippen LogP contribution is 2.28. The van der Waals surface area contributed by atoms with Crippen LogP contribution in [0.15, 0.2) is 0 Å². The maximum atomic E-state index is 5.90. The third kappa shape index (κ3) is 6.42. The smallest absolute Gasteiger partial charge is 0.165 e. The number of unbranched alkanes of at least 4 members (excludes halogenated alkanes) is 6. The molecule has 2 heteroatoms. The summed E-state index contributed by atoms with van der Waals surface area (Å²) in [6.45, 7) is 7.36. The van der Waals surface area contributed by atoms with Gasteiger partial charge in [0.25, 0.3) is 0 Å². The van der Waals surface area contributed by atoms with Crippen LogP contribution < -0.4 is 0 Å². The van der Waals surface area contributed by atoms with Gasteiger partial charge in [0, 0.05) is 6.42 Å². The Kier molecular flexibility index (Phi) is 7.14. The molecule has 0 aromatic carbocycles. The first-order valence-electron chi connectivity index (χ1n) is 7.48. The van der Waals surface area contributed by atoms with Crippen LogP contribution in [0.5, 0.6) is 0 Å². The van der Waals surface area contributed by atoms with Gasteiger partial charge in [0.15, 0.2) is 5.79 Å². The van der Waals surface area contributed by atoms with Crippen LogP contribution in [0.25, 0.3) is 0 Å². The molecule has 0 aromatic heterocycles. The van der Waals surface area contributed by atoms with Crippen LogP contribution in [0.4, 0.5) is 0 Å². The van der Waals surface area contributed by atoms with E-state index < -0.39 is 0 Å². The molecule has 2 nitrogen and oxygen atoms in total. The lowest BCUT2D eigenvalue weighted by Gasteiger charge is -2.37. The zero-order chi connectivity index (χ0) is 12.6. The fourth-order valence-electron chi connectivity index (χ4n) is 2.49. The molecule has 1 rings (SSSR count). The van der Waals surface area contributed by atoms with Gasteiger partial charge in [-0.15, -0.1) is 0 Å². The van der Waals surface area contributed by atoms with Crippen LogP contribution in [0.2, 0.25) is 0 Å². The van der Waals surface area contributed by atoms with E-state index in [0.29, 0.717) is 6.10 Å². The lowest BCUT2D eigenvalue weighted by atomic mass is 10.0. The van der Waals surface area contributed by atoms with Gasteiger partial charge in [0.2, 0.25) is 0 Å². The predicted molar refractivity (Wildman–Crippen MR) is 72.1 cm³/mol. The van der Waals surface area contributed by atoms with E-state index in [9.17, 15) is 0 Å². The van der Waals surface area contributed by atoms with E-state index in [-0.39, 0.29) is 5.79 Å². The first-order valence-corrected chi connectivity index (χ1v) is 7.48. The van der Waals surface area contributed by atoms with Crippen molar-refractivity contribution in [3.05, 3.63) is 0 Å². The molecule has 0 saturated carbocycles. The lowest BCUT2D eigenvalue weighted by molar-refractivity contribution is -0.283. The predicted octanol–water partition coefficient (Wildman–Crippen LogP) is 4.67. The maximum Gasteiger partial charge on any atom is 0.165 e. The zero-order valence-electron chi connectivity index (χ0n) is 12.0. The molecule has 1 aliphatic heterocycles. The summed E-state index contributed by atoms with van der Waals surface area (Å²) in [7, 11) is 0. The normalized spacial score (nSPS) is 29.5.